The van der Waals surface area contributed by atoms with Crippen molar-refractivity contribution in [3.63, 3.8) is 0 Å². The van der Waals surface area contributed by atoms with E-state index in [-0.39, 0.29) is 11.9 Å². The lowest BCUT2D eigenvalue weighted by Gasteiger charge is -2.20. The van der Waals surface area contributed by atoms with Crippen LogP contribution in [0, 0.1) is 0 Å². The predicted molar refractivity (Wildman–Crippen MR) is 69.8 cm³/mol. The van der Waals surface area contributed by atoms with Gasteiger partial charge >= 0.3 is 0 Å². The zero-order valence-corrected chi connectivity index (χ0v) is 10.2. The molecule has 1 aromatic rings. The molecule has 18 heavy (non-hydrogen) atoms. The highest BCUT2D eigenvalue weighted by Gasteiger charge is 2.32. The summed E-state index contributed by atoms with van der Waals surface area (Å²) in [6, 6.07) is 6.76. The van der Waals surface area contributed by atoms with E-state index in [9.17, 15) is 9.90 Å². The fraction of sp³-hybridized carbons (Fsp3) is 0.357. The van der Waals surface area contributed by atoms with Crippen LogP contribution >= 0.6 is 0 Å². The number of benzene rings is 1. The number of nitrogens with one attached hydrogen (secondary N) is 1. The monoisotopic (exact) mass is 246 g/mol. The topological polar surface area (TPSA) is 75.4 Å². The molecule has 0 radical (unpaired) electrons. The molecule has 96 valence electrons. The van der Waals surface area contributed by atoms with E-state index < -0.39 is 12.1 Å². The van der Waals surface area contributed by atoms with Gasteiger partial charge in [-0.3, -0.25) is 4.79 Å². The molecule has 0 saturated heterocycles. The summed E-state index contributed by atoms with van der Waals surface area (Å²) in [5.41, 5.74) is 7.76. The molecule has 0 saturated carbocycles. The number of fused-ring (bicyclic) bond motifs is 1. The molecule has 4 heteroatoms. The predicted octanol–water partition coefficient (Wildman–Crippen LogP) is 0.664. The number of carbonyl (C=O) groups excluding carboxylic acids is 1. The Morgan fingerprint density at radius 1 is 1.61 bits per heavy atom. The van der Waals surface area contributed by atoms with E-state index in [4.69, 9.17) is 5.73 Å². The average molecular weight is 246 g/mol. The van der Waals surface area contributed by atoms with Gasteiger partial charge in [0.15, 0.2) is 0 Å². The van der Waals surface area contributed by atoms with E-state index >= 15 is 0 Å². The first kappa shape index (κ1) is 12.8. The molecule has 3 atom stereocenters. The van der Waals surface area contributed by atoms with Crippen LogP contribution < -0.4 is 11.1 Å². The molecule has 0 aromatic heterocycles. The van der Waals surface area contributed by atoms with Crippen molar-refractivity contribution in [1.82, 2.24) is 5.32 Å². The number of aliphatic hydroxyl groups excluding tert-OH is 1. The van der Waals surface area contributed by atoms with E-state index in [1.165, 1.54) is 0 Å². The summed E-state index contributed by atoms with van der Waals surface area (Å²) in [4.78, 5) is 11.8. The molecule has 1 amide bonds. The van der Waals surface area contributed by atoms with Crippen LogP contribution in [-0.2, 0) is 11.2 Å². The molecule has 1 aliphatic carbocycles. The van der Waals surface area contributed by atoms with Gasteiger partial charge in [0.2, 0.25) is 5.91 Å². The van der Waals surface area contributed by atoms with Crippen molar-refractivity contribution >= 4 is 5.91 Å². The fourth-order valence-corrected chi connectivity index (χ4v) is 2.29. The second-order valence-corrected chi connectivity index (χ2v) is 4.59. The van der Waals surface area contributed by atoms with Gasteiger partial charge in [-0.25, -0.2) is 0 Å². The first-order valence-corrected chi connectivity index (χ1v) is 6.06. The van der Waals surface area contributed by atoms with E-state index in [1.54, 1.807) is 6.08 Å². The Bertz CT molecular complexity index is 459. The molecule has 4 nitrogen and oxygen atoms in total. The summed E-state index contributed by atoms with van der Waals surface area (Å²) in [6.45, 7) is 3.56. The van der Waals surface area contributed by atoms with Gasteiger partial charge in [-0.15, -0.1) is 6.58 Å². The van der Waals surface area contributed by atoms with E-state index in [0.29, 0.717) is 12.8 Å². The lowest BCUT2D eigenvalue weighted by molar-refractivity contribution is -0.123. The van der Waals surface area contributed by atoms with Crippen molar-refractivity contribution in [3.05, 3.63) is 48.0 Å². The quantitative estimate of drug-likeness (QED) is 0.683. The van der Waals surface area contributed by atoms with E-state index in [0.717, 1.165) is 11.1 Å². The second kappa shape index (κ2) is 5.33. The third-order valence-electron chi connectivity index (χ3n) is 3.26. The fourth-order valence-electron chi connectivity index (χ4n) is 2.29. The van der Waals surface area contributed by atoms with Gasteiger partial charge in [-0.1, -0.05) is 30.3 Å². The maximum Gasteiger partial charge on any atom is 0.237 e. The van der Waals surface area contributed by atoms with E-state index in [2.05, 4.69) is 11.9 Å². The SMILES string of the molecule is C=CCC(N)C(=O)N[C@H]1c2ccccc2C[C@H]1O. The molecule has 1 aromatic carbocycles. The van der Waals surface area contributed by atoms with Crippen LogP contribution in [0.15, 0.2) is 36.9 Å². The number of rotatable bonds is 4. The lowest BCUT2D eigenvalue weighted by atomic mass is 10.1. The Labute approximate surface area is 107 Å². The van der Waals surface area contributed by atoms with Crippen molar-refractivity contribution in [2.45, 2.75) is 31.0 Å². The number of nitrogens with two attached hydrogens (primary N) is 1. The van der Waals surface area contributed by atoms with Crippen LogP contribution in [0.2, 0.25) is 0 Å². The molecular weight excluding hydrogens is 228 g/mol. The standard InChI is InChI=1S/C14H18N2O2/c1-2-5-11(15)14(18)16-13-10-7-4-3-6-9(10)8-12(13)17/h2-4,6-7,11-13,17H,1,5,8,15H2,(H,16,18)/t11?,12-,13+/m1/s1. The van der Waals surface area contributed by atoms with Gasteiger partial charge in [0.1, 0.15) is 0 Å². The summed E-state index contributed by atoms with van der Waals surface area (Å²) in [5, 5.41) is 12.8. The Kier molecular flexibility index (Phi) is 3.79. The number of hydrogen-bond acceptors (Lipinski definition) is 3. The maximum absolute atomic E-state index is 11.8. The third-order valence-corrected chi connectivity index (χ3v) is 3.26. The summed E-state index contributed by atoms with van der Waals surface area (Å²) >= 11 is 0. The van der Waals surface area contributed by atoms with Gasteiger partial charge in [-0.2, -0.15) is 0 Å². The first-order valence-electron chi connectivity index (χ1n) is 6.06. The number of amides is 1. The van der Waals surface area contributed by atoms with Crippen LogP contribution in [0.3, 0.4) is 0 Å². The van der Waals surface area contributed by atoms with Crippen molar-refractivity contribution in [2.75, 3.05) is 0 Å². The summed E-state index contributed by atoms with van der Waals surface area (Å²) in [7, 11) is 0. The number of carbonyl (C=O) groups is 1. The van der Waals surface area contributed by atoms with Crippen molar-refractivity contribution < 1.29 is 9.90 Å². The van der Waals surface area contributed by atoms with Crippen molar-refractivity contribution in [2.24, 2.45) is 5.73 Å². The highest BCUT2D eigenvalue weighted by Crippen LogP contribution is 2.31. The van der Waals surface area contributed by atoms with Gasteiger partial charge in [0, 0.05) is 6.42 Å². The highest BCUT2D eigenvalue weighted by atomic mass is 16.3. The van der Waals surface area contributed by atoms with E-state index in [1.807, 2.05) is 24.3 Å². The second-order valence-electron chi connectivity index (χ2n) is 4.59. The van der Waals surface area contributed by atoms with Crippen LogP contribution in [0.5, 0.6) is 0 Å². The molecule has 2 rings (SSSR count). The Hall–Kier alpha value is -1.65. The Morgan fingerprint density at radius 2 is 2.33 bits per heavy atom. The summed E-state index contributed by atoms with van der Waals surface area (Å²) in [5.74, 6) is -0.254. The number of hydrogen-bond donors (Lipinski definition) is 3. The van der Waals surface area contributed by atoms with Crippen LogP contribution in [0.1, 0.15) is 23.6 Å². The molecule has 0 aliphatic heterocycles. The molecule has 0 heterocycles. The smallest absolute Gasteiger partial charge is 0.237 e. The molecule has 4 N–H and O–H groups in total. The largest absolute Gasteiger partial charge is 0.390 e. The van der Waals surface area contributed by atoms with Crippen molar-refractivity contribution in [1.29, 1.82) is 0 Å². The Balaban J connectivity index is 2.10. The highest BCUT2D eigenvalue weighted by molar-refractivity contribution is 5.82. The summed E-state index contributed by atoms with van der Waals surface area (Å²) in [6.07, 6.45) is 2.03. The minimum atomic E-state index is -0.609. The van der Waals surface area contributed by atoms with Crippen LogP contribution in [0.4, 0.5) is 0 Å². The van der Waals surface area contributed by atoms with Gasteiger partial charge in [-0.05, 0) is 17.5 Å². The average Bonchev–Trinajstić information content (AvgIpc) is 2.66. The Morgan fingerprint density at radius 3 is 3.06 bits per heavy atom. The minimum absolute atomic E-state index is 0.254. The normalized spacial score (nSPS) is 23.2. The zero-order valence-electron chi connectivity index (χ0n) is 10.2. The first-order chi connectivity index (χ1) is 8.63. The molecule has 0 spiro atoms. The molecule has 0 bridgehead atoms. The number of aliphatic hydroxyl groups is 1. The van der Waals surface area contributed by atoms with Gasteiger partial charge in [0.05, 0.1) is 18.2 Å². The molecule has 0 fully saturated rings. The van der Waals surface area contributed by atoms with Crippen LogP contribution in [0.25, 0.3) is 0 Å². The molecular formula is C14H18N2O2. The molecule has 1 aliphatic rings. The summed E-state index contributed by atoms with van der Waals surface area (Å²) < 4.78 is 0. The van der Waals surface area contributed by atoms with Gasteiger partial charge < -0.3 is 16.2 Å². The van der Waals surface area contributed by atoms with Crippen molar-refractivity contribution in [3.8, 4) is 0 Å². The third kappa shape index (κ3) is 2.44. The van der Waals surface area contributed by atoms with Gasteiger partial charge in [0.25, 0.3) is 0 Å². The maximum atomic E-state index is 11.8. The lowest BCUT2D eigenvalue weighted by Crippen LogP contribution is -2.44. The van der Waals surface area contributed by atoms with Crippen LogP contribution in [-0.4, -0.2) is 23.2 Å². The zero-order chi connectivity index (χ0) is 13.1. The minimum Gasteiger partial charge on any atom is -0.390 e. The molecule has 1 unspecified atom stereocenters.